The van der Waals surface area contributed by atoms with Gasteiger partial charge < -0.3 is 10.2 Å². The van der Waals surface area contributed by atoms with Crippen LogP contribution in [0.1, 0.15) is 12.5 Å². The van der Waals surface area contributed by atoms with E-state index in [0.29, 0.717) is 0 Å². The predicted octanol–water partition coefficient (Wildman–Crippen LogP) is 3.74. The van der Waals surface area contributed by atoms with E-state index < -0.39 is 0 Å². The summed E-state index contributed by atoms with van der Waals surface area (Å²) >= 11 is 0. The summed E-state index contributed by atoms with van der Waals surface area (Å²) in [6, 6.07) is 9.78. The van der Waals surface area contributed by atoms with Crippen molar-refractivity contribution in [3.8, 4) is 0 Å². The molecule has 2 aliphatic rings. The molecule has 1 aromatic carbocycles. The van der Waals surface area contributed by atoms with Crippen molar-refractivity contribution < 1.29 is 27.3 Å². The van der Waals surface area contributed by atoms with Crippen LogP contribution in [-0.2, 0) is 17.1 Å². The number of rotatable bonds is 3. The van der Waals surface area contributed by atoms with Crippen molar-refractivity contribution in [2.45, 2.75) is 6.92 Å². The molecule has 0 saturated heterocycles. The van der Waals surface area contributed by atoms with Gasteiger partial charge in [-0.2, -0.15) is 0 Å². The molecule has 0 radical (unpaired) electrons. The fourth-order valence-corrected chi connectivity index (χ4v) is 2.09. The molecule has 3 rings (SSSR count). The van der Waals surface area contributed by atoms with Gasteiger partial charge in [-0.25, -0.2) is 0 Å². The minimum Gasteiger partial charge on any atom is -0.875 e. The Bertz CT molecular complexity index is 785. The molecule has 132 valence electrons. The summed E-state index contributed by atoms with van der Waals surface area (Å²) < 4.78 is 0. The second-order valence-corrected chi connectivity index (χ2v) is 5.43. The van der Waals surface area contributed by atoms with Gasteiger partial charge in [0.05, 0.1) is 0 Å². The van der Waals surface area contributed by atoms with Gasteiger partial charge in [-0.3, -0.25) is 0 Å². The van der Waals surface area contributed by atoms with E-state index in [1.54, 1.807) is 19.1 Å². The van der Waals surface area contributed by atoms with Gasteiger partial charge in [0.2, 0.25) is 0 Å². The first kappa shape index (κ1) is 21.3. The van der Waals surface area contributed by atoms with Gasteiger partial charge in [0.1, 0.15) is 0 Å². The average Bonchev–Trinajstić information content (AvgIpc) is 3.33. The largest absolute Gasteiger partial charge is 2.00 e. The van der Waals surface area contributed by atoms with Crippen molar-refractivity contribution in [2.24, 2.45) is 0 Å². The summed E-state index contributed by atoms with van der Waals surface area (Å²) in [6.45, 7) is 1.56. The summed E-state index contributed by atoms with van der Waals surface area (Å²) in [4.78, 5) is 0. The normalized spacial score (nSPS) is 14.4. The molecule has 2 aliphatic carbocycles. The Hall–Kier alpha value is -2.74. The maximum Gasteiger partial charge on any atom is 2.00 e. The summed E-state index contributed by atoms with van der Waals surface area (Å²) in [5, 5.41) is 22.0. The molecule has 0 N–H and O–H groups in total. The molecular formula is C23H20FeO2. The molecular weight excluding hydrogens is 364 g/mol. The Morgan fingerprint density at radius 2 is 1.42 bits per heavy atom. The van der Waals surface area contributed by atoms with Gasteiger partial charge in [-0.1, -0.05) is 110 Å². The first-order valence-electron chi connectivity index (χ1n) is 8.04. The molecule has 0 saturated carbocycles. The monoisotopic (exact) mass is 384 g/mol. The van der Waals surface area contributed by atoms with Crippen molar-refractivity contribution in [2.75, 3.05) is 0 Å². The van der Waals surface area contributed by atoms with Crippen molar-refractivity contribution in [3.63, 3.8) is 0 Å². The van der Waals surface area contributed by atoms with Gasteiger partial charge in [0, 0.05) is 0 Å². The molecule has 2 nitrogen and oxygen atoms in total. The van der Waals surface area contributed by atoms with E-state index in [4.69, 9.17) is 0 Å². The predicted molar refractivity (Wildman–Crippen MR) is 101 cm³/mol. The molecule has 0 aliphatic heterocycles. The Balaban J connectivity index is 0.000000318. The van der Waals surface area contributed by atoms with Crippen molar-refractivity contribution in [3.05, 3.63) is 125 Å². The molecule has 0 amide bonds. The van der Waals surface area contributed by atoms with Gasteiger partial charge in [-0.15, -0.1) is 11.5 Å². The van der Waals surface area contributed by atoms with Crippen molar-refractivity contribution in [1.82, 2.24) is 0 Å². The molecule has 0 atom stereocenters. The second kappa shape index (κ2) is 11.8. The molecule has 0 bridgehead atoms. The maximum atomic E-state index is 11.5. The molecule has 0 unspecified atom stereocenters. The van der Waals surface area contributed by atoms with Crippen LogP contribution in [0, 0.1) is 0 Å². The minimum absolute atomic E-state index is 0. The van der Waals surface area contributed by atoms with Crippen LogP contribution >= 0.6 is 0 Å². The fraction of sp³-hybridized carbons (Fsp3) is 0.0435. The van der Waals surface area contributed by atoms with Crippen molar-refractivity contribution in [1.29, 1.82) is 0 Å². The Morgan fingerprint density at radius 3 is 1.96 bits per heavy atom. The zero-order valence-corrected chi connectivity index (χ0v) is 15.6. The summed E-state index contributed by atoms with van der Waals surface area (Å²) in [5.41, 5.74) is 2.87. The second-order valence-electron chi connectivity index (χ2n) is 5.43. The minimum atomic E-state index is -0.00458. The van der Waals surface area contributed by atoms with Crippen LogP contribution in [0.2, 0.25) is 0 Å². The van der Waals surface area contributed by atoms with Crippen molar-refractivity contribution >= 4 is 6.08 Å². The standard InChI is InChI=1S/C16H14O.C7H8O.Fe/c17-16(13-11-15-8-4-5-9-15)12-10-14-6-2-1-3-7-14;1-6(8)7-4-2-3-5-7;/h1-13,17H;2-5,8H,1H3;/q;;+2/p-2. The van der Waals surface area contributed by atoms with Gasteiger partial charge >= 0.3 is 17.1 Å². The van der Waals surface area contributed by atoms with E-state index in [1.165, 1.54) is 0 Å². The summed E-state index contributed by atoms with van der Waals surface area (Å²) in [6.07, 6.45) is 21.9. The van der Waals surface area contributed by atoms with E-state index in [2.05, 4.69) is 0 Å². The topological polar surface area (TPSA) is 46.1 Å². The Labute approximate surface area is 165 Å². The van der Waals surface area contributed by atoms with Gasteiger partial charge in [0.15, 0.2) is 0 Å². The quantitative estimate of drug-likeness (QED) is 0.453. The van der Waals surface area contributed by atoms with E-state index >= 15 is 0 Å². The van der Waals surface area contributed by atoms with E-state index in [1.807, 2.05) is 91.1 Å². The van der Waals surface area contributed by atoms with Gasteiger partial charge in [-0.05, 0) is 16.7 Å². The summed E-state index contributed by atoms with van der Waals surface area (Å²) in [5.74, 6) is 0.130. The smallest absolute Gasteiger partial charge is 0.875 e. The van der Waals surface area contributed by atoms with Crippen LogP contribution in [0.25, 0.3) is 6.08 Å². The zero-order chi connectivity index (χ0) is 17.9. The summed E-state index contributed by atoms with van der Waals surface area (Å²) in [7, 11) is 0. The average molecular weight is 384 g/mol. The van der Waals surface area contributed by atoms with Crippen LogP contribution in [0.3, 0.4) is 0 Å². The molecule has 0 aromatic heterocycles. The number of allylic oxidation sites excluding steroid dienone is 14. The van der Waals surface area contributed by atoms with Crippen LogP contribution in [0.15, 0.2) is 120 Å². The van der Waals surface area contributed by atoms with Crippen LogP contribution in [-0.4, -0.2) is 0 Å². The third-order valence-electron chi connectivity index (χ3n) is 3.44. The van der Waals surface area contributed by atoms with E-state index in [0.717, 1.165) is 16.7 Å². The van der Waals surface area contributed by atoms with Gasteiger partial charge in [0.25, 0.3) is 0 Å². The molecule has 0 fully saturated rings. The Morgan fingerprint density at radius 1 is 0.846 bits per heavy atom. The van der Waals surface area contributed by atoms with Crippen LogP contribution in [0.4, 0.5) is 0 Å². The van der Waals surface area contributed by atoms with E-state index in [9.17, 15) is 10.2 Å². The third kappa shape index (κ3) is 7.89. The molecule has 0 spiro atoms. The first-order chi connectivity index (χ1) is 12.1. The molecule has 26 heavy (non-hydrogen) atoms. The zero-order valence-electron chi connectivity index (χ0n) is 14.5. The number of hydrogen-bond donors (Lipinski definition) is 0. The fourth-order valence-electron chi connectivity index (χ4n) is 2.09. The Kier molecular flexibility index (Phi) is 9.63. The molecule has 0 heterocycles. The SMILES string of the molecule is CC([O-])=C1C=CC=C1.[Fe+2].[O-]C(C=Cc1ccccc1)=CC=C1C=CC=C1. The molecule has 3 heteroatoms. The third-order valence-corrected chi connectivity index (χ3v) is 3.44. The van der Waals surface area contributed by atoms with E-state index in [-0.39, 0.29) is 28.6 Å². The number of benzene rings is 1. The van der Waals surface area contributed by atoms with Crippen LogP contribution < -0.4 is 10.2 Å². The number of hydrogen-bond acceptors (Lipinski definition) is 2. The van der Waals surface area contributed by atoms with Crippen LogP contribution in [0.5, 0.6) is 0 Å². The first-order valence-corrected chi connectivity index (χ1v) is 8.04. The maximum absolute atomic E-state index is 11.5. The molecule has 1 aromatic rings.